The van der Waals surface area contributed by atoms with Gasteiger partial charge in [0, 0.05) is 17.0 Å². The Balaban J connectivity index is 2.86. The van der Waals surface area contributed by atoms with E-state index < -0.39 is 11.9 Å². The van der Waals surface area contributed by atoms with Crippen LogP contribution in [-0.4, -0.2) is 22.1 Å². The summed E-state index contributed by atoms with van der Waals surface area (Å²) in [5, 5.41) is 8.61. The number of hydrogen-bond acceptors (Lipinski definition) is 2. The Morgan fingerprint density at radius 3 is 2.56 bits per heavy atom. The third-order valence-corrected chi connectivity index (χ3v) is 3.01. The van der Waals surface area contributed by atoms with Crippen LogP contribution < -0.4 is 0 Å². The Morgan fingerprint density at radius 1 is 1.44 bits per heavy atom. The lowest BCUT2D eigenvalue weighted by atomic mass is 10.2. The first-order valence-electron chi connectivity index (χ1n) is 4.26. The lowest BCUT2D eigenvalue weighted by Gasteiger charge is -2.07. The molecule has 0 heterocycles. The molecule has 0 amide bonds. The van der Waals surface area contributed by atoms with Gasteiger partial charge in [0.25, 0.3) is 4.92 Å². The van der Waals surface area contributed by atoms with Crippen LogP contribution in [0, 0.1) is 11.8 Å². The van der Waals surface area contributed by atoms with Crippen molar-refractivity contribution in [2.45, 2.75) is 18.0 Å². The van der Waals surface area contributed by atoms with Gasteiger partial charge in [-0.25, -0.2) is 5.21 Å². The van der Waals surface area contributed by atoms with Crippen LogP contribution in [0.4, 0.5) is 18.9 Å². The zero-order valence-corrected chi connectivity index (χ0v) is 9.10. The van der Waals surface area contributed by atoms with E-state index >= 15 is 0 Å². The molecular formula is C9H9F3NO2S+. The Labute approximate surface area is 93.8 Å². The fourth-order valence-corrected chi connectivity index (χ4v) is 1.84. The minimum atomic E-state index is -4.26. The number of rotatable bonds is 3. The summed E-state index contributed by atoms with van der Waals surface area (Å²) < 4.78 is 36.0. The maximum absolute atomic E-state index is 12.0. The Kier molecular flexibility index (Phi) is 3.79. The van der Waals surface area contributed by atoms with Gasteiger partial charge in [-0.15, -0.1) is 11.8 Å². The van der Waals surface area contributed by atoms with Crippen molar-refractivity contribution >= 4 is 17.4 Å². The maximum Gasteiger partial charge on any atom is 0.398 e. The zero-order valence-electron chi connectivity index (χ0n) is 8.28. The van der Waals surface area contributed by atoms with Gasteiger partial charge in [-0.3, -0.25) is 0 Å². The number of alkyl halides is 3. The van der Waals surface area contributed by atoms with E-state index in [9.17, 15) is 18.1 Å². The summed E-state index contributed by atoms with van der Waals surface area (Å²) in [4.78, 5) is 10.5. The molecular weight excluding hydrogens is 243 g/mol. The average Bonchev–Trinajstić information content (AvgIpc) is 2.14. The number of aryl methyl sites for hydroxylation is 1. The van der Waals surface area contributed by atoms with Gasteiger partial charge in [0.15, 0.2) is 0 Å². The molecule has 0 aliphatic rings. The molecule has 0 radical (unpaired) electrons. The summed E-state index contributed by atoms with van der Waals surface area (Å²) in [7, 11) is 0. The van der Waals surface area contributed by atoms with Crippen LogP contribution in [0.25, 0.3) is 0 Å². The van der Waals surface area contributed by atoms with Gasteiger partial charge in [-0.05, 0) is 12.5 Å². The third kappa shape index (κ3) is 3.73. The van der Waals surface area contributed by atoms with Crippen molar-refractivity contribution < 1.29 is 23.3 Å². The SMILES string of the molecule is Cc1ccc([N+](=O)O)cc1SCC(F)(F)F. The highest BCUT2D eigenvalue weighted by Crippen LogP contribution is 2.31. The summed E-state index contributed by atoms with van der Waals surface area (Å²) in [5.41, 5.74) is 0.537. The fraction of sp³-hybridized carbons (Fsp3) is 0.333. The smallest absolute Gasteiger partial charge is 0.241 e. The van der Waals surface area contributed by atoms with E-state index in [0.717, 1.165) is 0 Å². The van der Waals surface area contributed by atoms with E-state index in [1.54, 1.807) is 6.92 Å². The van der Waals surface area contributed by atoms with Gasteiger partial charge < -0.3 is 0 Å². The van der Waals surface area contributed by atoms with Crippen LogP contribution in [-0.2, 0) is 0 Å². The Bertz CT molecular complexity index is 406. The molecule has 7 heteroatoms. The summed E-state index contributed by atoms with van der Waals surface area (Å²) in [6.07, 6.45) is -4.26. The van der Waals surface area contributed by atoms with Crippen LogP contribution in [0.3, 0.4) is 0 Å². The van der Waals surface area contributed by atoms with Gasteiger partial charge >= 0.3 is 11.9 Å². The monoisotopic (exact) mass is 252 g/mol. The highest BCUT2D eigenvalue weighted by molar-refractivity contribution is 7.99. The number of hydrogen-bond donors (Lipinski definition) is 1. The Morgan fingerprint density at radius 2 is 2.06 bits per heavy atom. The van der Waals surface area contributed by atoms with Crippen LogP contribution in [0.2, 0.25) is 0 Å². The van der Waals surface area contributed by atoms with Crippen LogP contribution in [0.1, 0.15) is 5.56 Å². The third-order valence-electron chi connectivity index (χ3n) is 1.78. The van der Waals surface area contributed by atoms with Crippen molar-refractivity contribution in [1.82, 2.24) is 0 Å². The van der Waals surface area contributed by atoms with E-state index in [2.05, 4.69) is 0 Å². The van der Waals surface area contributed by atoms with E-state index in [1.165, 1.54) is 18.2 Å². The molecule has 0 spiro atoms. The summed E-state index contributed by atoms with van der Waals surface area (Å²) in [5.74, 6) is -1.03. The van der Waals surface area contributed by atoms with Crippen LogP contribution in [0.15, 0.2) is 23.1 Å². The second-order valence-electron chi connectivity index (χ2n) is 3.13. The van der Waals surface area contributed by atoms with E-state index in [4.69, 9.17) is 5.21 Å². The molecule has 1 rings (SSSR count). The largest absolute Gasteiger partial charge is 0.398 e. The first kappa shape index (κ1) is 12.8. The molecule has 0 aromatic heterocycles. The zero-order chi connectivity index (χ0) is 12.3. The standard InChI is InChI=1S/C9H9F3NO2S/c1-6-2-3-7(13(14)15)4-8(6)16-5-9(10,11)12/h2-4H,5H2,1H3,(H,14,15)/q+1. The normalized spacial score (nSPS) is 11.5. The molecule has 1 N–H and O–H groups in total. The summed E-state index contributed by atoms with van der Waals surface area (Å²) >= 11 is 0.584. The van der Waals surface area contributed by atoms with Gasteiger partial charge in [-0.1, -0.05) is 6.07 Å². The molecule has 0 atom stereocenters. The molecule has 0 fully saturated rings. The highest BCUT2D eigenvalue weighted by Gasteiger charge is 2.28. The van der Waals surface area contributed by atoms with E-state index in [0.29, 0.717) is 22.2 Å². The molecule has 1 aromatic rings. The Hall–Kier alpha value is -1.24. The van der Waals surface area contributed by atoms with Crippen LogP contribution >= 0.6 is 11.8 Å². The molecule has 16 heavy (non-hydrogen) atoms. The summed E-state index contributed by atoms with van der Waals surface area (Å²) in [6, 6.07) is 4.04. The van der Waals surface area contributed by atoms with Crippen molar-refractivity contribution in [2.24, 2.45) is 0 Å². The second-order valence-corrected chi connectivity index (χ2v) is 4.14. The predicted octanol–water partition coefficient (Wildman–Crippen LogP) is 3.45. The molecule has 0 aliphatic heterocycles. The van der Waals surface area contributed by atoms with E-state index in [1.807, 2.05) is 0 Å². The minimum Gasteiger partial charge on any atom is -0.241 e. The second kappa shape index (κ2) is 4.73. The molecule has 0 unspecified atom stereocenters. The molecule has 3 nitrogen and oxygen atoms in total. The number of thioether (sulfide) groups is 1. The fourth-order valence-electron chi connectivity index (χ4n) is 1.02. The van der Waals surface area contributed by atoms with Crippen molar-refractivity contribution in [1.29, 1.82) is 0 Å². The van der Waals surface area contributed by atoms with Crippen LogP contribution in [0.5, 0.6) is 0 Å². The molecule has 0 saturated heterocycles. The molecule has 0 saturated carbocycles. The maximum atomic E-state index is 12.0. The van der Waals surface area contributed by atoms with Gasteiger partial charge in [-0.2, -0.15) is 13.2 Å². The molecule has 0 bridgehead atoms. The van der Waals surface area contributed by atoms with Crippen molar-refractivity contribution in [3.63, 3.8) is 0 Å². The summed E-state index contributed by atoms with van der Waals surface area (Å²) in [6.45, 7) is 1.63. The molecule has 0 aliphatic carbocycles. The van der Waals surface area contributed by atoms with Gasteiger partial charge in [0.1, 0.15) is 0 Å². The van der Waals surface area contributed by atoms with Gasteiger partial charge in [0.05, 0.1) is 10.7 Å². The van der Waals surface area contributed by atoms with E-state index in [-0.39, 0.29) is 10.6 Å². The lowest BCUT2D eigenvalue weighted by Crippen LogP contribution is -2.10. The first-order valence-corrected chi connectivity index (χ1v) is 5.24. The molecule has 88 valence electrons. The lowest BCUT2D eigenvalue weighted by molar-refractivity contribution is -0.729. The van der Waals surface area contributed by atoms with Gasteiger partial charge in [0.2, 0.25) is 0 Å². The topological polar surface area (TPSA) is 40.3 Å². The quantitative estimate of drug-likeness (QED) is 0.661. The number of nitrogens with zero attached hydrogens (tertiary/aromatic N) is 1. The predicted molar refractivity (Wildman–Crippen MR) is 53.0 cm³/mol. The van der Waals surface area contributed by atoms with Crippen molar-refractivity contribution in [3.8, 4) is 0 Å². The van der Waals surface area contributed by atoms with Crippen molar-refractivity contribution in [2.75, 3.05) is 5.75 Å². The molecule has 1 aromatic carbocycles. The first-order chi connectivity index (χ1) is 7.29. The minimum absolute atomic E-state index is 0.0877. The average molecular weight is 252 g/mol. The number of benzene rings is 1. The van der Waals surface area contributed by atoms with Crippen molar-refractivity contribution in [3.05, 3.63) is 28.7 Å². The number of halogens is 3. The highest BCUT2D eigenvalue weighted by atomic mass is 32.2.